The molecule has 2 aromatic rings. The van der Waals surface area contributed by atoms with Crippen LogP contribution >= 0.6 is 11.6 Å². The van der Waals surface area contributed by atoms with E-state index < -0.39 is 0 Å². The fraction of sp³-hybridized carbons (Fsp3) is 0.294. The monoisotopic (exact) mass is 319 g/mol. The molecule has 22 heavy (non-hydrogen) atoms. The number of pyridine rings is 1. The molecule has 116 valence electrons. The van der Waals surface area contributed by atoms with Crippen molar-refractivity contribution in [1.29, 1.82) is 0 Å². The minimum atomic E-state index is -0.102. The number of halogens is 1. The highest BCUT2D eigenvalue weighted by atomic mass is 35.5. The summed E-state index contributed by atoms with van der Waals surface area (Å²) < 4.78 is 6.93. The first-order valence-electron chi connectivity index (χ1n) is 7.23. The lowest BCUT2D eigenvalue weighted by molar-refractivity contribution is -0.684. The summed E-state index contributed by atoms with van der Waals surface area (Å²) in [6.45, 7) is 2.41. The van der Waals surface area contributed by atoms with Crippen LogP contribution in [0, 0.1) is 0 Å². The quantitative estimate of drug-likeness (QED) is 0.831. The van der Waals surface area contributed by atoms with Gasteiger partial charge in [0.2, 0.25) is 6.54 Å². The van der Waals surface area contributed by atoms with Gasteiger partial charge in [-0.2, -0.15) is 4.57 Å². The van der Waals surface area contributed by atoms with Crippen LogP contribution in [0.25, 0.3) is 0 Å². The normalized spacial score (nSPS) is 10.3. The third kappa shape index (κ3) is 4.46. The lowest BCUT2D eigenvalue weighted by Gasteiger charge is -2.07. The Labute approximate surface area is 135 Å². The van der Waals surface area contributed by atoms with Gasteiger partial charge in [-0.05, 0) is 30.2 Å². The minimum absolute atomic E-state index is 0.102. The maximum atomic E-state index is 12.1. The molecule has 0 aliphatic carbocycles. The Kier molecular flexibility index (Phi) is 5.78. The van der Waals surface area contributed by atoms with Gasteiger partial charge in [-0.3, -0.25) is 4.79 Å². The topological polar surface area (TPSA) is 42.2 Å². The number of hydrogen-bond acceptors (Lipinski definition) is 2. The lowest BCUT2D eigenvalue weighted by Crippen LogP contribution is -2.39. The molecule has 0 aliphatic heterocycles. The van der Waals surface area contributed by atoms with Crippen LogP contribution in [-0.4, -0.2) is 13.0 Å². The summed E-state index contributed by atoms with van der Waals surface area (Å²) in [4.78, 5) is 12.1. The molecule has 2 rings (SSSR count). The Balaban J connectivity index is 1.96. The van der Waals surface area contributed by atoms with E-state index in [-0.39, 0.29) is 12.5 Å². The summed E-state index contributed by atoms with van der Waals surface area (Å²) in [5, 5.41) is 3.29. The van der Waals surface area contributed by atoms with E-state index in [0.29, 0.717) is 16.5 Å². The highest BCUT2D eigenvalue weighted by molar-refractivity contribution is 6.32. The van der Waals surface area contributed by atoms with E-state index in [1.165, 1.54) is 5.56 Å². The molecule has 0 unspecified atom stereocenters. The van der Waals surface area contributed by atoms with E-state index in [1.807, 2.05) is 29.1 Å². The molecule has 1 aromatic heterocycles. The molecule has 0 aliphatic rings. The van der Waals surface area contributed by atoms with Gasteiger partial charge in [0.05, 0.1) is 12.1 Å². The smallest absolute Gasteiger partial charge is 0.290 e. The SMILES string of the molecule is CCCc1cc[n+](CC(=O)Nc2ccc(OC)c(Cl)c2)cc1. The number of benzene rings is 1. The van der Waals surface area contributed by atoms with Crippen molar-refractivity contribution in [2.75, 3.05) is 12.4 Å². The van der Waals surface area contributed by atoms with E-state index in [2.05, 4.69) is 12.2 Å². The number of ether oxygens (including phenoxy) is 1. The summed E-state index contributed by atoms with van der Waals surface area (Å²) in [6, 6.07) is 9.25. The van der Waals surface area contributed by atoms with Crippen molar-refractivity contribution in [1.82, 2.24) is 0 Å². The van der Waals surface area contributed by atoms with Crippen LogP contribution in [0.2, 0.25) is 5.02 Å². The number of rotatable bonds is 6. The highest BCUT2D eigenvalue weighted by Gasteiger charge is 2.10. The van der Waals surface area contributed by atoms with Gasteiger partial charge < -0.3 is 10.1 Å². The third-order valence-electron chi connectivity index (χ3n) is 3.26. The van der Waals surface area contributed by atoms with Gasteiger partial charge in [0, 0.05) is 17.8 Å². The van der Waals surface area contributed by atoms with Crippen LogP contribution in [0.5, 0.6) is 5.75 Å². The van der Waals surface area contributed by atoms with Crippen LogP contribution in [0.15, 0.2) is 42.7 Å². The molecule has 0 saturated heterocycles. The van der Waals surface area contributed by atoms with Crippen molar-refractivity contribution in [3.8, 4) is 5.75 Å². The largest absolute Gasteiger partial charge is 0.495 e. The number of nitrogens with zero attached hydrogens (tertiary/aromatic N) is 1. The Morgan fingerprint density at radius 1 is 1.27 bits per heavy atom. The number of hydrogen-bond donors (Lipinski definition) is 1. The first kappa shape index (κ1) is 16.3. The van der Waals surface area contributed by atoms with Gasteiger partial charge in [-0.15, -0.1) is 0 Å². The van der Waals surface area contributed by atoms with Crippen LogP contribution in [0.1, 0.15) is 18.9 Å². The molecular formula is C17H20ClN2O2+. The van der Waals surface area contributed by atoms with E-state index in [4.69, 9.17) is 16.3 Å². The Bertz CT molecular complexity index is 642. The Morgan fingerprint density at radius 3 is 2.59 bits per heavy atom. The van der Waals surface area contributed by atoms with Crippen molar-refractivity contribution >= 4 is 23.2 Å². The van der Waals surface area contributed by atoms with Crippen LogP contribution in [0.4, 0.5) is 5.69 Å². The Hall–Kier alpha value is -2.07. The number of amides is 1. The van der Waals surface area contributed by atoms with Crippen LogP contribution in [0.3, 0.4) is 0 Å². The molecular weight excluding hydrogens is 300 g/mol. The summed E-state index contributed by atoms with van der Waals surface area (Å²) in [5.41, 5.74) is 1.93. The summed E-state index contributed by atoms with van der Waals surface area (Å²) in [5.74, 6) is 0.482. The number of methoxy groups -OCH3 is 1. The first-order chi connectivity index (χ1) is 10.6. The number of nitrogens with one attached hydrogen (secondary N) is 1. The fourth-order valence-corrected chi connectivity index (χ4v) is 2.42. The van der Waals surface area contributed by atoms with Crippen molar-refractivity contribution < 1.29 is 14.1 Å². The second-order valence-corrected chi connectivity index (χ2v) is 5.43. The zero-order chi connectivity index (χ0) is 15.9. The standard InChI is InChI=1S/C17H19ClN2O2/c1-3-4-13-7-9-20(10-8-13)12-17(21)19-14-5-6-16(22-2)15(18)11-14/h5-11H,3-4,12H2,1-2H3/p+1. The van der Waals surface area contributed by atoms with Crippen LogP contribution in [-0.2, 0) is 17.8 Å². The van der Waals surface area contributed by atoms with Crippen molar-refractivity contribution in [2.24, 2.45) is 0 Å². The minimum Gasteiger partial charge on any atom is -0.495 e. The molecule has 0 bridgehead atoms. The van der Waals surface area contributed by atoms with Gasteiger partial charge in [0.1, 0.15) is 5.75 Å². The number of anilines is 1. The van der Waals surface area contributed by atoms with E-state index in [9.17, 15) is 4.79 Å². The molecule has 1 N–H and O–H groups in total. The molecule has 1 aromatic carbocycles. The molecule has 1 heterocycles. The van der Waals surface area contributed by atoms with Crippen molar-refractivity contribution in [2.45, 2.75) is 26.3 Å². The fourth-order valence-electron chi connectivity index (χ4n) is 2.16. The van der Waals surface area contributed by atoms with Crippen molar-refractivity contribution in [3.63, 3.8) is 0 Å². The lowest BCUT2D eigenvalue weighted by atomic mass is 10.2. The summed E-state index contributed by atoms with van der Waals surface area (Å²) >= 11 is 6.04. The van der Waals surface area contributed by atoms with Gasteiger partial charge >= 0.3 is 0 Å². The summed E-state index contributed by atoms with van der Waals surface area (Å²) in [6.07, 6.45) is 6.01. The number of carbonyl (C=O) groups is 1. The van der Waals surface area contributed by atoms with Crippen molar-refractivity contribution in [3.05, 3.63) is 53.3 Å². The van der Waals surface area contributed by atoms with Gasteiger partial charge in [0.25, 0.3) is 5.91 Å². The zero-order valence-corrected chi connectivity index (χ0v) is 13.6. The maximum absolute atomic E-state index is 12.1. The second-order valence-electron chi connectivity index (χ2n) is 5.03. The van der Waals surface area contributed by atoms with Gasteiger partial charge in [0.15, 0.2) is 12.4 Å². The van der Waals surface area contributed by atoms with Gasteiger partial charge in [-0.1, -0.05) is 24.9 Å². The molecule has 0 spiro atoms. The summed E-state index contributed by atoms with van der Waals surface area (Å²) in [7, 11) is 1.55. The molecule has 0 saturated carbocycles. The molecule has 0 atom stereocenters. The van der Waals surface area contributed by atoms with E-state index in [1.54, 1.807) is 25.3 Å². The number of carbonyl (C=O) groups excluding carboxylic acids is 1. The highest BCUT2D eigenvalue weighted by Crippen LogP contribution is 2.27. The Morgan fingerprint density at radius 2 is 2.00 bits per heavy atom. The predicted octanol–water partition coefficient (Wildman–Crippen LogP) is 3.23. The van der Waals surface area contributed by atoms with Crippen LogP contribution < -0.4 is 14.6 Å². The molecule has 4 nitrogen and oxygen atoms in total. The average Bonchev–Trinajstić information content (AvgIpc) is 2.50. The molecule has 0 fully saturated rings. The maximum Gasteiger partial charge on any atom is 0.290 e. The predicted molar refractivity (Wildman–Crippen MR) is 87.3 cm³/mol. The molecule has 0 radical (unpaired) electrons. The number of aryl methyl sites for hydroxylation is 1. The molecule has 1 amide bonds. The third-order valence-corrected chi connectivity index (χ3v) is 3.56. The first-order valence-corrected chi connectivity index (χ1v) is 7.61. The second kappa shape index (κ2) is 7.80. The molecule has 5 heteroatoms. The van der Waals surface area contributed by atoms with E-state index in [0.717, 1.165) is 12.8 Å². The average molecular weight is 320 g/mol. The van der Waals surface area contributed by atoms with Gasteiger partial charge in [-0.25, -0.2) is 0 Å². The number of aromatic nitrogens is 1. The zero-order valence-electron chi connectivity index (χ0n) is 12.8. The van der Waals surface area contributed by atoms with E-state index >= 15 is 0 Å².